The average Bonchev–Trinajstić information content (AvgIpc) is 3.02. The minimum absolute atomic E-state index is 0. The number of benzene rings is 1. The first-order chi connectivity index (χ1) is 20.7. The van der Waals surface area contributed by atoms with Gasteiger partial charge in [-0.25, -0.2) is 4.98 Å². The van der Waals surface area contributed by atoms with Crippen LogP contribution in [-0.2, 0) is 35.5 Å². The Morgan fingerprint density at radius 1 is 0.837 bits per heavy atom. The molecule has 0 spiro atoms. The Morgan fingerprint density at radius 2 is 1.51 bits per heavy atom. The van der Waals surface area contributed by atoms with Gasteiger partial charge in [0.15, 0.2) is 0 Å². The van der Waals surface area contributed by atoms with E-state index in [2.05, 4.69) is 40.4 Å². The van der Waals surface area contributed by atoms with Gasteiger partial charge in [0, 0.05) is 30.3 Å². The molecule has 2 aliphatic carbocycles. The average molecular weight is 620 g/mol. The summed E-state index contributed by atoms with van der Waals surface area (Å²) in [6, 6.07) is 11.7. The van der Waals surface area contributed by atoms with Gasteiger partial charge < -0.3 is 38.6 Å². The molecule has 2 aromatic rings. The Labute approximate surface area is 263 Å². The molecule has 1 saturated carbocycles. The highest BCUT2D eigenvalue weighted by Crippen LogP contribution is 2.55. The van der Waals surface area contributed by atoms with Gasteiger partial charge in [-0.2, -0.15) is 0 Å². The Morgan fingerprint density at radius 3 is 2.19 bits per heavy atom. The van der Waals surface area contributed by atoms with Crippen LogP contribution in [0, 0.1) is 5.92 Å². The molecule has 3 aliphatic rings. The van der Waals surface area contributed by atoms with Crippen LogP contribution in [0.3, 0.4) is 0 Å². The second-order valence-corrected chi connectivity index (χ2v) is 11.7. The van der Waals surface area contributed by atoms with Crippen LogP contribution < -0.4 is 10.1 Å². The fourth-order valence-corrected chi connectivity index (χ4v) is 7.09. The number of rotatable bonds is 18. The molecule has 1 aliphatic heterocycles. The third kappa shape index (κ3) is 9.03. The summed E-state index contributed by atoms with van der Waals surface area (Å²) in [5, 5.41) is 3.59. The van der Waals surface area contributed by atoms with Crippen molar-refractivity contribution in [3.63, 3.8) is 0 Å². The highest BCUT2D eigenvalue weighted by atomic mass is 35.5. The van der Waals surface area contributed by atoms with Crippen molar-refractivity contribution >= 4 is 23.8 Å². The molecule has 1 saturated heterocycles. The number of fused-ring (bicyclic) bond motifs is 1. The zero-order valence-electron chi connectivity index (χ0n) is 25.9. The van der Waals surface area contributed by atoms with Gasteiger partial charge >= 0.3 is 0 Å². The molecule has 43 heavy (non-hydrogen) atoms. The lowest BCUT2D eigenvalue weighted by Crippen LogP contribution is -2.59. The largest absolute Gasteiger partial charge is 0.475 e. The molecule has 2 heterocycles. The van der Waals surface area contributed by atoms with Gasteiger partial charge in [0.05, 0.1) is 71.3 Å². The summed E-state index contributed by atoms with van der Waals surface area (Å²) in [5.74, 6) is 1.39. The van der Waals surface area contributed by atoms with Crippen molar-refractivity contribution in [3.05, 3.63) is 47.7 Å². The lowest BCUT2D eigenvalue weighted by Gasteiger charge is -2.58. The molecule has 240 valence electrons. The third-order valence-electron chi connectivity index (χ3n) is 9.16. The summed E-state index contributed by atoms with van der Waals surface area (Å²) in [6.07, 6.45) is 9.76. The predicted octanol–water partition coefficient (Wildman–Crippen LogP) is 5.03. The molecule has 10 heteroatoms. The van der Waals surface area contributed by atoms with E-state index < -0.39 is 0 Å². The fourth-order valence-electron chi connectivity index (χ4n) is 7.09. The summed E-state index contributed by atoms with van der Waals surface area (Å²) in [7, 11) is 3.99. The Kier molecular flexibility index (Phi) is 13.8. The van der Waals surface area contributed by atoms with Crippen LogP contribution in [0.5, 0.6) is 5.88 Å². The maximum atomic E-state index is 5.76. The Balaban J connectivity index is 0.00000423. The second kappa shape index (κ2) is 17.5. The highest BCUT2D eigenvalue weighted by molar-refractivity contribution is 5.85. The number of hydrogen-bond donors (Lipinski definition) is 1. The summed E-state index contributed by atoms with van der Waals surface area (Å²) in [6.45, 7) is 6.56. The lowest BCUT2D eigenvalue weighted by atomic mass is 9.52. The first-order valence-electron chi connectivity index (χ1n) is 15.7. The third-order valence-corrected chi connectivity index (χ3v) is 9.16. The van der Waals surface area contributed by atoms with Crippen LogP contribution in [-0.4, -0.2) is 103 Å². The topological polar surface area (TPSA) is 83.5 Å². The monoisotopic (exact) mass is 619 g/mol. The molecule has 9 nitrogen and oxygen atoms in total. The zero-order valence-corrected chi connectivity index (χ0v) is 26.7. The maximum Gasteiger partial charge on any atom is 0.213 e. The molecular formula is C33H50ClN3O6. The molecule has 0 unspecified atom stereocenters. The van der Waals surface area contributed by atoms with Gasteiger partial charge in [0.1, 0.15) is 6.61 Å². The first-order valence-corrected chi connectivity index (χ1v) is 15.7. The number of aromatic nitrogens is 1. The maximum absolute atomic E-state index is 5.76. The number of methoxy groups -OCH3 is 1. The van der Waals surface area contributed by atoms with E-state index in [1.54, 1.807) is 18.2 Å². The number of ether oxygens (including phenoxy) is 6. The van der Waals surface area contributed by atoms with Gasteiger partial charge in [-0.1, -0.05) is 18.9 Å². The Hall–Kier alpha value is -1.98. The molecule has 2 fully saturated rings. The van der Waals surface area contributed by atoms with Crippen molar-refractivity contribution in [2.45, 2.75) is 50.0 Å². The predicted molar refractivity (Wildman–Crippen MR) is 170 cm³/mol. The van der Waals surface area contributed by atoms with Gasteiger partial charge in [-0.05, 0) is 74.5 Å². The van der Waals surface area contributed by atoms with Gasteiger partial charge in [-0.3, -0.25) is 0 Å². The van der Waals surface area contributed by atoms with Crippen LogP contribution in [0.2, 0.25) is 0 Å². The first kappa shape index (κ1) is 33.9. The number of nitrogens with one attached hydrogen (secondary N) is 1. The van der Waals surface area contributed by atoms with E-state index in [0.29, 0.717) is 83.4 Å². The van der Waals surface area contributed by atoms with Crippen LogP contribution in [0.25, 0.3) is 0 Å². The van der Waals surface area contributed by atoms with Crippen LogP contribution in [0.1, 0.15) is 43.2 Å². The number of halogens is 1. The molecule has 0 radical (unpaired) electrons. The van der Waals surface area contributed by atoms with E-state index in [9.17, 15) is 0 Å². The van der Waals surface area contributed by atoms with Crippen molar-refractivity contribution in [3.8, 4) is 5.88 Å². The van der Waals surface area contributed by atoms with Gasteiger partial charge in [0.2, 0.25) is 5.88 Å². The SMILES string of the molecule is COCCOCCOCCOCCOCCOc1ccc(Nc2ccc3c(c2)[C@@]24CCCC[C@H]2[C@@H](C3)N(C)CC4)cn1.Cl. The number of nitrogens with zero attached hydrogens (tertiary/aromatic N) is 2. The number of likely N-dealkylation sites (N-methyl/N-ethyl adjacent to an activating group) is 1. The normalized spacial score (nSPS) is 22.7. The summed E-state index contributed by atoms with van der Waals surface area (Å²) in [4.78, 5) is 7.12. The van der Waals surface area contributed by atoms with E-state index in [-0.39, 0.29) is 12.4 Å². The highest BCUT2D eigenvalue weighted by Gasteiger charge is 2.53. The summed E-state index contributed by atoms with van der Waals surface area (Å²) < 4.78 is 32.6. The number of piperidine rings is 1. The second-order valence-electron chi connectivity index (χ2n) is 11.7. The van der Waals surface area contributed by atoms with E-state index in [0.717, 1.165) is 17.3 Å². The van der Waals surface area contributed by atoms with Crippen LogP contribution in [0.15, 0.2) is 36.5 Å². The molecule has 1 aromatic carbocycles. The van der Waals surface area contributed by atoms with E-state index in [4.69, 9.17) is 28.4 Å². The van der Waals surface area contributed by atoms with Crippen molar-refractivity contribution < 1.29 is 28.4 Å². The molecular weight excluding hydrogens is 570 g/mol. The van der Waals surface area contributed by atoms with Crippen molar-refractivity contribution in [1.82, 2.24) is 9.88 Å². The van der Waals surface area contributed by atoms with Crippen LogP contribution in [0.4, 0.5) is 11.4 Å². The quantitative estimate of drug-likeness (QED) is 0.231. The molecule has 2 bridgehead atoms. The number of likely N-dealkylation sites (tertiary alicyclic amines) is 1. The lowest BCUT2D eigenvalue weighted by molar-refractivity contribution is -0.00987. The van der Waals surface area contributed by atoms with Gasteiger partial charge in [0.25, 0.3) is 0 Å². The number of anilines is 2. The summed E-state index contributed by atoms with van der Waals surface area (Å²) in [5.41, 5.74) is 5.63. The molecule has 3 atom stereocenters. The van der Waals surface area contributed by atoms with Crippen molar-refractivity contribution in [1.29, 1.82) is 0 Å². The van der Waals surface area contributed by atoms with E-state index >= 15 is 0 Å². The molecule has 1 aromatic heterocycles. The van der Waals surface area contributed by atoms with E-state index in [1.165, 1.54) is 45.1 Å². The van der Waals surface area contributed by atoms with Crippen molar-refractivity contribution in [2.24, 2.45) is 5.92 Å². The fraction of sp³-hybridized carbons (Fsp3) is 0.667. The van der Waals surface area contributed by atoms with Crippen molar-refractivity contribution in [2.75, 3.05) is 92.1 Å². The number of pyridine rings is 1. The zero-order chi connectivity index (χ0) is 29.0. The standard InChI is InChI=1S/C33H49N3O6.ClH/c1-36-12-11-33-10-4-3-5-29(33)31(36)23-26-6-7-27(24-30(26)33)35-28-8-9-32(34-25-28)42-22-21-41-20-19-40-18-17-39-16-15-38-14-13-37-2;/h6-9,24-25,29,31,35H,3-5,10-23H2,1-2H3;1H/t29-,31+,33+;/m0./s1. The Bertz CT molecular complexity index is 1090. The van der Waals surface area contributed by atoms with Crippen LogP contribution >= 0.6 is 12.4 Å². The molecule has 1 N–H and O–H groups in total. The summed E-state index contributed by atoms with van der Waals surface area (Å²) >= 11 is 0. The molecule has 5 rings (SSSR count). The smallest absolute Gasteiger partial charge is 0.213 e. The molecule has 0 amide bonds. The van der Waals surface area contributed by atoms with Gasteiger partial charge in [-0.15, -0.1) is 12.4 Å². The van der Waals surface area contributed by atoms with E-state index in [1.807, 2.05) is 18.3 Å². The minimum Gasteiger partial charge on any atom is -0.475 e. The minimum atomic E-state index is 0. The number of hydrogen-bond acceptors (Lipinski definition) is 9.